The molecule has 23 heavy (non-hydrogen) atoms. The van der Waals surface area contributed by atoms with E-state index in [2.05, 4.69) is 12.2 Å². The van der Waals surface area contributed by atoms with Gasteiger partial charge < -0.3 is 5.32 Å². The Morgan fingerprint density at radius 1 is 1.26 bits per heavy atom. The lowest BCUT2D eigenvalue weighted by Crippen LogP contribution is -2.12. The average Bonchev–Trinajstić information content (AvgIpc) is 2.90. The summed E-state index contributed by atoms with van der Waals surface area (Å²) in [6.07, 6.45) is 1.81. The fourth-order valence-electron chi connectivity index (χ4n) is 2.54. The predicted octanol–water partition coefficient (Wildman–Crippen LogP) is 5.90. The molecule has 3 aromatic rings. The highest BCUT2D eigenvalue weighted by atomic mass is 35.5. The Bertz CT molecular complexity index is 875. The van der Waals surface area contributed by atoms with Gasteiger partial charge in [0.15, 0.2) is 0 Å². The normalized spacial score (nSPS) is 10.9. The largest absolute Gasteiger partial charge is 0.321 e. The van der Waals surface area contributed by atoms with Crippen LogP contribution in [0.5, 0.6) is 0 Å². The smallest absolute Gasteiger partial charge is 0.266 e. The molecule has 0 bridgehead atoms. The molecule has 0 spiro atoms. The number of fused-ring (bicyclic) bond motifs is 1. The molecule has 0 saturated carbocycles. The molecule has 0 radical (unpaired) electrons. The molecule has 0 aliphatic rings. The number of carbonyl (C=O) groups excluding carboxylic acids is 1. The van der Waals surface area contributed by atoms with E-state index in [9.17, 15) is 9.18 Å². The van der Waals surface area contributed by atoms with Crippen molar-refractivity contribution in [1.29, 1.82) is 0 Å². The maximum Gasteiger partial charge on any atom is 0.266 e. The molecular weight excluding hydrogens is 333 g/mol. The Hall–Kier alpha value is -1.91. The minimum atomic E-state index is -0.502. The number of carbonyl (C=O) groups is 1. The van der Waals surface area contributed by atoms with Crippen LogP contribution in [0.4, 0.5) is 10.1 Å². The number of rotatable bonds is 4. The highest BCUT2D eigenvalue weighted by molar-refractivity contribution is 7.21. The van der Waals surface area contributed by atoms with E-state index >= 15 is 0 Å². The van der Waals surface area contributed by atoms with Crippen molar-refractivity contribution in [3.63, 3.8) is 0 Å². The summed E-state index contributed by atoms with van der Waals surface area (Å²) in [5.41, 5.74) is 1.56. The standard InChI is InChI=1S/C18H15ClFNOS/c1-2-5-13-12-6-3-4-7-16(12)23-17(13)18(22)21-11-8-9-15(20)14(19)10-11/h3-4,6-10H,2,5H2,1H3,(H,21,22). The first kappa shape index (κ1) is 16.0. The van der Waals surface area contributed by atoms with Crippen molar-refractivity contribution in [3.8, 4) is 0 Å². The first-order chi connectivity index (χ1) is 11.1. The van der Waals surface area contributed by atoms with Gasteiger partial charge in [-0.25, -0.2) is 4.39 Å². The van der Waals surface area contributed by atoms with E-state index in [1.807, 2.05) is 24.3 Å². The molecule has 0 fully saturated rings. The van der Waals surface area contributed by atoms with Crippen molar-refractivity contribution in [2.24, 2.45) is 0 Å². The molecule has 2 nitrogen and oxygen atoms in total. The number of amides is 1. The zero-order valence-corrected chi connectivity index (χ0v) is 14.1. The van der Waals surface area contributed by atoms with Gasteiger partial charge in [-0.15, -0.1) is 11.3 Å². The van der Waals surface area contributed by atoms with Crippen LogP contribution in [0.15, 0.2) is 42.5 Å². The van der Waals surface area contributed by atoms with E-state index in [4.69, 9.17) is 11.6 Å². The second-order valence-corrected chi connectivity index (χ2v) is 6.70. The van der Waals surface area contributed by atoms with Crippen LogP contribution >= 0.6 is 22.9 Å². The third-order valence-electron chi connectivity index (χ3n) is 3.58. The van der Waals surface area contributed by atoms with Gasteiger partial charge in [-0.1, -0.05) is 43.1 Å². The fourth-order valence-corrected chi connectivity index (χ4v) is 3.87. The second-order valence-electron chi connectivity index (χ2n) is 5.24. The minimum Gasteiger partial charge on any atom is -0.321 e. The molecule has 1 N–H and O–H groups in total. The van der Waals surface area contributed by atoms with Gasteiger partial charge >= 0.3 is 0 Å². The monoisotopic (exact) mass is 347 g/mol. The number of benzene rings is 2. The summed E-state index contributed by atoms with van der Waals surface area (Å²) in [5.74, 6) is -0.685. The van der Waals surface area contributed by atoms with Gasteiger partial charge in [0.05, 0.1) is 9.90 Å². The van der Waals surface area contributed by atoms with E-state index in [-0.39, 0.29) is 10.9 Å². The number of halogens is 2. The maximum absolute atomic E-state index is 13.2. The van der Waals surface area contributed by atoms with Gasteiger partial charge in [0.25, 0.3) is 5.91 Å². The summed E-state index contributed by atoms with van der Waals surface area (Å²) < 4.78 is 14.3. The number of anilines is 1. The molecule has 1 aromatic heterocycles. The average molecular weight is 348 g/mol. The van der Waals surface area contributed by atoms with Gasteiger partial charge in [0, 0.05) is 10.4 Å². The zero-order chi connectivity index (χ0) is 16.4. The van der Waals surface area contributed by atoms with Crippen LogP contribution < -0.4 is 5.32 Å². The summed E-state index contributed by atoms with van der Waals surface area (Å²) in [6, 6.07) is 12.2. The topological polar surface area (TPSA) is 29.1 Å². The molecule has 2 aromatic carbocycles. The van der Waals surface area contributed by atoms with Crippen molar-refractivity contribution in [1.82, 2.24) is 0 Å². The quantitative estimate of drug-likeness (QED) is 0.625. The van der Waals surface area contributed by atoms with Crippen molar-refractivity contribution < 1.29 is 9.18 Å². The molecule has 0 aliphatic carbocycles. The van der Waals surface area contributed by atoms with Crippen LogP contribution in [0.3, 0.4) is 0 Å². The van der Waals surface area contributed by atoms with Crippen LogP contribution in [0.2, 0.25) is 5.02 Å². The Kier molecular flexibility index (Phi) is 4.64. The summed E-state index contributed by atoms with van der Waals surface area (Å²) in [7, 11) is 0. The lowest BCUT2D eigenvalue weighted by molar-refractivity contribution is 0.103. The van der Waals surface area contributed by atoms with Gasteiger partial charge in [0.1, 0.15) is 5.82 Å². The van der Waals surface area contributed by atoms with Crippen LogP contribution in [0.1, 0.15) is 28.6 Å². The van der Waals surface area contributed by atoms with Gasteiger partial charge in [-0.3, -0.25) is 4.79 Å². The van der Waals surface area contributed by atoms with Gasteiger partial charge in [-0.2, -0.15) is 0 Å². The molecule has 3 rings (SSSR count). The first-order valence-corrected chi connectivity index (χ1v) is 8.56. The van der Waals surface area contributed by atoms with Crippen molar-refractivity contribution in [2.75, 3.05) is 5.32 Å². The lowest BCUT2D eigenvalue weighted by Gasteiger charge is -2.07. The summed E-state index contributed by atoms with van der Waals surface area (Å²) in [5, 5.41) is 3.93. The summed E-state index contributed by atoms with van der Waals surface area (Å²) >= 11 is 7.24. The van der Waals surface area contributed by atoms with Crippen molar-refractivity contribution in [2.45, 2.75) is 19.8 Å². The number of aryl methyl sites for hydroxylation is 1. The number of thiophene rings is 1. The van der Waals surface area contributed by atoms with Crippen molar-refractivity contribution >= 4 is 44.6 Å². The number of nitrogens with one attached hydrogen (secondary N) is 1. The Labute approximate surface area is 142 Å². The van der Waals surface area contributed by atoms with E-state index in [1.54, 1.807) is 0 Å². The third-order valence-corrected chi connectivity index (χ3v) is 5.08. The molecule has 0 unspecified atom stereocenters. The summed E-state index contributed by atoms with van der Waals surface area (Å²) in [6.45, 7) is 2.09. The maximum atomic E-state index is 13.2. The van der Waals surface area contributed by atoms with E-state index in [1.165, 1.54) is 29.5 Å². The molecule has 0 atom stereocenters. The third kappa shape index (κ3) is 3.23. The summed E-state index contributed by atoms with van der Waals surface area (Å²) in [4.78, 5) is 13.3. The number of hydrogen-bond donors (Lipinski definition) is 1. The van der Waals surface area contributed by atoms with Crippen LogP contribution in [0.25, 0.3) is 10.1 Å². The molecule has 1 heterocycles. The second kappa shape index (κ2) is 6.69. The Morgan fingerprint density at radius 3 is 2.78 bits per heavy atom. The van der Waals surface area contributed by atoms with Crippen LogP contribution in [0, 0.1) is 5.82 Å². The van der Waals surface area contributed by atoms with E-state index < -0.39 is 5.82 Å². The molecule has 1 amide bonds. The van der Waals surface area contributed by atoms with Crippen molar-refractivity contribution in [3.05, 3.63) is 63.7 Å². The molecule has 5 heteroatoms. The van der Waals surface area contributed by atoms with E-state index in [0.717, 1.165) is 28.5 Å². The molecular formula is C18H15ClFNOS. The SMILES string of the molecule is CCCc1c(C(=O)Nc2ccc(F)c(Cl)c2)sc2ccccc12. The first-order valence-electron chi connectivity index (χ1n) is 7.37. The van der Waals surface area contributed by atoms with Gasteiger partial charge in [0.2, 0.25) is 0 Å². The van der Waals surface area contributed by atoms with E-state index in [0.29, 0.717) is 10.6 Å². The van der Waals surface area contributed by atoms with Gasteiger partial charge in [-0.05, 0) is 41.6 Å². The van der Waals surface area contributed by atoms with Crippen LogP contribution in [-0.2, 0) is 6.42 Å². The molecule has 118 valence electrons. The highest BCUT2D eigenvalue weighted by Crippen LogP contribution is 2.33. The minimum absolute atomic E-state index is 0.00655. The highest BCUT2D eigenvalue weighted by Gasteiger charge is 2.18. The number of hydrogen-bond acceptors (Lipinski definition) is 2. The molecule has 0 aliphatic heterocycles. The predicted molar refractivity (Wildman–Crippen MR) is 95.2 cm³/mol. The fraction of sp³-hybridized carbons (Fsp3) is 0.167. The Morgan fingerprint density at radius 2 is 2.04 bits per heavy atom. The Balaban J connectivity index is 1.96. The zero-order valence-electron chi connectivity index (χ0n) is 12.5. The molecule has 0 saturated heterocycles. The van der Waals surface area contributed by atoms with Crippen LogP contribution in [-0.4, -0.2) is 5.91 Å². The lowest BCUT2D eigenvalue weighted by atomic mass is 10.1.